The van der Waals surface area contributed by atoms with E-state index in [1.54, 1.807) is 6.92 Å². The molecule has 0 aromatic rings. The van der Waals surface area contributed by atoms with Crippen molar-refractivity contribution in [2.45, 2.75) is 64.3 Å². The van der Waals surface area contributed by atoms with E-state index in [0.29, 0.717) is 25.3 Å². The van der Waals surface area contributed by atoms with Gasteiger partial charge in [0.2, 0.25) is 10.0 Å². The summed E-state index contributed by atoms with van der Waals surface area (Å²) in [4.78, 5) is 11.2. The first-order chi connectivity index (χ1) is 9.92. The number of hydrogen-bond donors (Lipinski definition) is 1. The van der Waals surface area contributed by atoms with Crippen LogP contribution in [0.1, 0.15) is 58.3 Å². The molecule has 0 amide bonds. The molecule has 5 nitrogen and oxygen atoms in total. The maximum absolute atomic E-state index is 12.5. The molecule has 0 aromatic heterocycles. The van der Waals surface area contributed by atoms with Crippen LogP contribution in [0.3, 0.4) is 0 Å². The number of carbonyl (C=O) groups is 1. The fraction of sp³-hybridized carbons (Fsp3) is 0.933. The Morgan fingerprint density at radius 2 is 1.81 bits per heavy atom. The summed E-state index contributed by atoms with van der Waals surface area (Å²) in [5.41, 5.74) is 0. The molecule has 1 aliphatic carbocycles. The average molecular weight is 317 g/mol. The zero-order chi connectivity index (χ0) is 15.5. The Morgan fingerprint density at radius 3 is 2.43 bits per heavy atom. The average Bonchev–Trinajstić information content (AvgIpc) is 2.46. The molecule has 1 N–H and O–H groups in total. The highest BCUT2D eigenvalue weighted by molar-refractivity contribution is 7.89. The molecule has 6 heteroatoms. The van der Waals surface area contributed by atoms with Gasteiger partial charge >= 0.3 is 5.97 Å². The van der Waals surface area contributed by atoms with Gasteiger partial charge in [-0.2, -0.15) is 4.31 Å². The minimum absolute atomic E-state index is 0.175. The lowest BCUT2D eigenvalue weighted by molar-refractivity contribution is -0.144. The summed E-state index contributed by atoms with van der Waals surface area (Å²) in [5.74, 6) is -0.740. The molecule has 21 heavy (non-hydrogen) atoms. The van der Waals surface area contributed by atoms with Crippen LogP contribution < -0.4 is 0 Å². The lowest BCUT2D eigenvalue weighted by Crippen LogP contribution is -2.49. The van der Waals surface area contributed by atoms with Crippen molar-refractivity contribution in [1.82, 2.24) is 4.31 Å². The third-order valence-electron chi connectivity index (χ3n) is 5.11. The zero-order valence-electron chi connectivity index (χ0n) is 12.8. The predicted molar refractivity (Wildman–Crippen MR) is 81.5 cm³/mol. The number of hydrogen-bond acceptors (Lipinski definition) is 3. The van der Waals surface area contributed by atoms with Crippen molar-refractivity contribution < 1.29 is 18.3 Å². The minimum atomic E-state index is -3.33. The maximum atomic E-state index is 12.5. The summed E-state index contributed by atoms with van der Waals surface area (Å²) in [6, 6.07) is -0.424. The number of carboxylic acids is 1. The fourth-order valence-electron chi connectivity index (χ4n) is 3.74. The molecule has 2 fully saturated rings. The van der Waals surface area contributed by atoms with E-state index in [2.05, 4.69) is 0 Å². The first kappa shape index (κ1) is 16.7. The van der Waals surface area contributed by atoms with Crippen molar-refractivity contribution in [1.29, 1.82) is 0 Å². The van der Waals surface area contributed by atoms with Crippen LogP contribution in [0.5, 0.6) is 0 Å². The molecule has 122 valence electrons. The third-order valence-corrected chi connectivity index (χ3v) is 7.09. The van der Waals surface area contributed by atoms with Gasteiger partial charge in [0, 0.05) is 12.6 Å². The third kappa shape index (κ3) is 4.19. The van der Waals surface area contributed by atoms with Crippen LogP contribution >= 0.6 is 0 Å². The van der Waals surface area contributed by atoms with Gasteiger partial charge in [-0.15, -0.1) is 0 Å². The zero-order valence-corrected chi connectivity index (χ0v) is 13.6. The van der Waals surface area contributed by atoms with E-state index in [0.717, 1.165) is 19.3 Å². The molecule has 2 aliphatic rings. The predicted octanol–water partition coefficient (Wildman–Crippen LogP) is 2.47. The van der Waals surface area contributed by atoms with Gasteiger partial charge in [-0.05, 0) is 32.1 Å². The second kappa shape index (κ2) is 7.09. The molecule has 1 saturated carbocycles. The number of sulfonamides is 1. The first-order valence-corrected chi connectivity index (χ1v) is 9.75. The quantitative estimate of drug-likeness (QED) is 0.845. The van der Waals surface area contributed by atoms with Gasteiger partial charge in [0.25, 0.3) is 0 Å². The van der Waals surface area contributed by atoms with Crippen LogP contribution in [-0.2, 0) is 14.8 Å². The van der Waals surface area contributed by atoms with Crippen LogP contribution in [-0.4, -0.2) is 42.1 Å². The highest BCUT2D eigenvalue weighted by atomic mass is 32.2. The number of rotatable bonds is 5. The molecule has 0 spiro atoms. The molecule has 0 aromatic carbocycles. The summed E-state index contributed by atoms with van der Waals surface area (Å²) in [6.07, 6.45) is 7.93. The minimum Gasteiger partial charge on any atom is -0.481 e. The summed E-state index contributed by atoms with van der Waals surface area (Å²) in [5, 5.41) is 9.20. The molecule has 2 atom stereocenters. The van der Waals surface area contributed by atoms with E-state index < -0.39 is 28.0 Å². The molecule has 0 radical (unpaired) electrons. The lowest BCUT2D eigenvalue weighted by atomic mass is 9.88. The van der Waals surface area contributed by atoms with Crippen molar-refractivity contribution in [2.24, 2.45) is 11.8 Å². The second-order valence-electron chi connectivity index (χ2n) is 6.55. The van der Waals surface area contributed by atoms with Gasteiger partial charge in [-0.25, -0.2) is 8.42 Å². The molecule has 1 heterocycles. The van der Waals surface area contributed by atoms with Crippen LogP contribution in [0.2, 0.25) is 0 Å². The van der Waals surface area contributed by atoms with Crippen molar-refractivity contribution >= 4 is 16.0 Å². The lowest BCUT2D eigenvalue weighted by Gasteiger charge is -2.36. The maximum Gasteiger partial charge on any atom is 0.308 e. The Hall–Kier alpha value is -0.620. The van der Waals surface area contributed by atoms with E-state index in [-0.39, 0.29) is 5.75 Å². The highest BCUT2D eigenvalue weighted by Gasteiger charge is 2.38. The molecule has 1 aliphatic heterocycles. The summed E-state index contributed by atoms with van der Waals surface area (Å²) < 4.78 is 26.5. The first-order valence-electron chi connectivity index (χ1n) is 8.14. The molecular weight excluding hydrogens is 290 g/mol. The SMILES string of the molecule is C[C@@H]1[C@H](C(=O)O)CCCN1S(=O)(=O)CCC1CCCCC1. The van der Waals surface area contributed by atoms with E-state index in [4.69, 9.17) is 0 Å². The summed E-state index contributed by atoms with van der Waals surface area (Å²) >= 11 is 0. The van der Waals surface area contributed by atoms with Gasteiger partial charge in [0.05, 0.1) is 11.7 Å². The Kier molecular flexibility index (Phi) is 5.66. The van der Waals surface area contributed by atoms with E-state index in [1.165, 1.54) is 23.6 Å². The van der Waals surface area contributed by atoms with Crippen molar-refractivity contribution in [3.8, 4) is 0 Å². The number of piperidine rings is 1. The van der Waals surface area contributed by atoms with E-state index in [9.17, 15) is 18.3 Å². The smallest absolute Gasteiger partial charge is 0.308 e. The second-order valence-corrected chi connectivity index (χ2v) is 8.59. The monoisotopic (exact) mass is 317 g/mol. The summed E-state index contributed by atoms with van der Waals surface area (Å²) in [7, 11) is -3.33. The van der Waals surface area contributed by atoms with Crippen LogP contribution in [0.15, 0.2) is 0 Å². The largest absolute Gasteiger partial charge is 0.481 e. The van der Waals surface area contributed by atoms with E-state index >= 15 is 0 Å². The molecular formula is C15H27NO4S. The van der Waals surface area contributed by atoms with Gasteiger partial charge in [0.15, 0.2) is 0 Å². The molecule has 2 rings (SSSR count). The standard InChI is InChI=1S/C15H27NO4S/c1-12-14(15(17)18)8-5-10-16(12)21(19,20)11-9-13-6-3-2-4-7-13/h12-14H,2-11H2,1H3,(H,17,18)/t12-,14-/m1/s1. The number of aliphatic carboxylic acids is 1. The van der Waals surface area contributed by atoms with Crippen LogP contribution in [0.25, 0.3) is 0 Å². The van der Waals surface area contributed by atoms with Crippen LogP contribution in [0.4, 0.5) is 0 Å². The van der Waals surface area contributed by atoms with Gasteiger partial charge in [0.1, 0.15) is 0 Å². The molecule has 0 bridgehead atoms. The van der Waals surface area contributed by atoms with Gasteiger partial charge in [-0.1, -0.05) is 32.1 Å². The van der Waals surface area contributed by atoms with Crippen LogP contribution in [0, 0.1) is 11.8 Å². The Bertz CT molecular complexity index is 456. The van der Waals surface area contributed by atoms with Gasteiger partial charge in [-0.3, -0.25) is 4.79 Å². The van der Waals surface area contributed by atoms with E-state index in [1.807, 2.05) is 0 Å². The topological polar surface area (TPSA) is 74.7 Å². The van der Waals surface area contributed by atoms with Gasteiger partial charge < -0.3 is 5.11 Å². The highest BCUT2D eigenvalue weighted by Crippen LogP contribution is 2.30. The normalized spacial score (nSPS) is 29.4. The Balaban J connectivity index is 1.95. The number of carboxylic acid groups (broad SMARTS) is 1. The summed E-state index contributed by atoms with van der Waals surface area (Å²) in [6.45, 7) is 2.20. The fourth-order valence-corrected chi connectivity index (χ4v) is 5.67. The van der Waals surface area contributed by atoms with Crippen molar-refractivity contribution in [3.05, 3.63) is 0 Å². The number of nitrogens with zero attached hydrogens (tertiary/aromatic N) is 1. The molecule has 1 saturated heterocycles. The molecule has 0 unspecified atom stereocenters. The Morgan fingerprint density at radius 1 is 1.14 bits per heavy atom. The Labute approximate surface area is 127 Å². The van der Waals surface area contributed by atoms with Crippen molar-refractivity contribution in [2.75, 3.05) is 12.3 Å². The van der Waals surface area contributed by atoms with Crippen molar-refractivity contribution in [3.63, 3.8) is 0 Å².